The minimum atomic E-state index is -0.396. The van der Waals surface area contributed by atoms with Gasteiger partial charge in [0.2, 0.25) is 0 Å². The summed E-state index contributed by atoms with van der Waals surface area (Å²) >= 11 is 0. The maximum Gasteiger partial charge on any atom is 0.356 e. The Kier molecular flexibility index (Phi) is 3.18. The van der Waals surface area contributed by atoms with E-state index < -0.39 is 5.97 Å². The molecular weight excluding hydrogens is 218 g/mol. The van der Waals surface area contributed by atoms with Crippen molar-refractivity contribution in [3.8, 4) is 11.3 Å². The maximum absolute atomic E-state index is 11.4. The van der Waals surface area contributed by atoms with Crippen LogP contribution in [0.15, 0.2) is 24.5 Å². The predicted octanol–water partition coefficient (Wildman–Crippen LogP) is 1.96. The lowest BCUT2D eigenvalue weighted by atomic mass is 10.1. The van der Waals surface area contributed by atoms with Crippen molar-refractivity contribution < 1.29 is 9.53 Å². The zero-order chi connectivity index (χ0) is 12.3. The summed E-state index contributed by atoms with van der Waals surface area (Å²) in [5.41, 5.74) is 2.95. The van der Waals surface area contributed by atoms with E-state index >= 15 is 0 Å². The van der Waals surface area contributed by atoms with E-state index in [0.717, 1.165) is 11.1 Å². The van der Waals surface area contributed by atoms with Crippen LogP contribution in [-0.4, -0.2) is 27.8 Å². The number of carbonyl (C=O) groups excluding carboxylic acids is 1. The van der Waals surface area contributed by atoms with Crippen LogP contribution in [0.4, 0.5) is 0 Å². The van der Waals surface area contributed by atoms with Crippen molar-refractivity contribution in [3.63, 3.8) is 0 Å². The van der Waals surface area contributed by atoms with Crippen molar-refractivity contribution in [2.24, 2.45) is 0 Å². The number of nitrogens with zero attached hydrogens (tertiary/aromatic N) is 2. The lowest BCUT2D eigenvalue weighted by molar-refractivity contribution is 0.0519. The van der Waals surface area contributed by atoms with Crippen molar-refractivity contribution >= 4 is 5.97 Å². The Morgan fingerprint density at radius 1 is 1.41 bits per heavy atom. The molecule has 0 aromatic carbocycles. The average Bonchev–Trinajstić information content (AvgIpc) is 2.78. The zero-order valence-electron chi connectivity index (χ0n) is 9.73. The van der Waals surface area contributed by atoms with Gasteiger partial charge < -0.3 is 4.74 Å². The molecular formula is C12H13N3O2. The van der Waals surface area contributed by atoms with Gasteiger partial charge in [-0.25, -0.2) is 4.79 Å². The van der Waals surface area contributed by atoms with Gasteiger partial charge in [-0.3, -0.25) is 10.1 Å². The highest BCUT2D eigenvalue weighted by Crippen LogP contribution is 2.17. The molecule has 0 fully saturated rings. The van der Waals surface area contributed by atoms with Crippen LogP contribution in [0.3, 0.4) is 0 Å². The number of rotatable bonds is 3. The molecule has 0 radical (unpaired) electrons. The third-order valence-electron chi connectivity index (χ3n) is 2.24. The number of aromatic nitrogens is 3. The predicted molar refractivity (Wildman–Crippen MR) is 62.5 cm³/mol. The van der Waals surface area contributed by atoms with E-state index in [2.05, 4.69) is 15.2 Å². The smallest absolute Gasteiger partial charge is 0.356 e. The Morgan fingerprint density at radius 3 is 2.94 bits per heavy atom. The molecule has 2 heterocycles. The van der Waals surface area contributed by atoms with Gasteiger partial charge in [0.15, 0.2) is 0 Å². The number of H-pyrrole nitrogens is 1. The first-order chi connectivity index (χ1) is 8.20. The number of esters is 1. The molecule has 0 aliphatic rings. The van der Waals surface area contributed by atoms with Crippen LogP contribution >= 0.6 is 0 Å². The minimum Gasteiger partial charge on any atom is -0.461 e. The van der Waals surface area contributed by atoms with E-state index in [1.54, 1.807) is 25.4 Å². The van der Waals surface area contributed by atoms with Gasteiger partial charge in [-0.1, -0.05) is 0 Å². The molecule has 0 spiro atoms. The molecule has 17 heavy (non-hydrogen) atoms. The number of carbonyl (C=O) groups is 1. The summed E-state index contributed by atoms with van der Waals surface area (Å²) in [4.78, 5) is 15.5. The molecule has 5 heteroatoms. The largest absolute Gasteiger partial charge is 0.461 e. The molecule has 0 saturated carbocycles. The molecule has 0 bridgehead atoms. The molecule has 1 N–H and O–H groups in total. The SMILES string of the molecule is CCOC(=O)c1cc(-c2cncc(C)c2)n[nH]1. The van der Waals surface area contributed by atoms with Crippen molar-refractivity contribution in [3.05, 3.63) is 35.8 Å². The molecule has 0 amide bonds. The third-order valence-corrected chi connectivity index (χ3v) is 2.24. The Balaban J connectivity index is 2.27. The highest BCUT2D eigenvalue weighted by molar-refractivity contribution is 5.88. The average molecular weight is 231 g/mol. The number of ether oxygens (including phenoxy) is 1. The summed E-state index contributed by atoms with van der Waals surface area (Å²) in [6.07, 6.45) is 3.47. The van der Waals surface area contributed by atoms with E-state index in [1.807, 2.05) is 13.0 Å². The second kappa shape index (κ2) is 4.78. The molecule has 0 unspecified atom stereocenters. The molecule has 0 aliphatic heterocycles. The monoisotopic (exact) mass is 231 g/mol. The second-order valence-electron chi connectivity index (χ2n) is 3.64. The quantitative estimate of drug-likeness (QED) is 0.820. The lowest BCUT2D eigenvalue weighted by Gasteiger charge is -1.97. The van der Waals surface area contributed by atoms with Crippen LogP contribution in [0.2, 0.25) is 0 Å². The Labute approximate surface area is 98.8 Å². The summed E-state index contributed by atoms with van der Waals surface area (Å²) < 4.78 is 4.88. The van der Waals surface area contributed by atoms with Crippen LogP contribution in [0.5, 0.6) is 0 Å². The summed E-state index contributed by atoms with van der Waals surface area (Å²) in [5.74, 6) is -0.396. The van der Waals surface area contributed by atoms with E-state index in [1.165, 1.54) is 0 Å². The third kappa shape index (κ3) is 2.50. The topological polar surface area (TPSA) is 67.9 Å². The van der Waals surface area contributed by atoms with Crippen LogP contribution in [0.25, 0.3) is 11.3 Å². The van der Waals surface area contributed by atoms with Crippen molar-refractivity contribution in [1.29, 1.82) is 0 Å². The van der Waals surface area contributed by atoms with Crippen molar-refractivity contribution in [2.45, 2.75) is 13.8 Å². The second-order valence-corrected chi connectivity index (χ2v) is 3.64. The molecule has 0 atom stereocenters. The fourth-order valence-corrected chi connectivity index (χ4v) is 1.48. The number of pyridine rings is 1. The van der Waals surface area contributed by atoms with Crippen LogP contribution in [0, 0.1) is 6.92 Å². The van der Waals surface area contributed by atoms with Gasteiger partial charge in [0.1, 0.15) is 5.69 Å². The number of hydrogen-bond acceptors (Lipinski definition) is 4. The van der Waals surface area contributed by atoms with Gasteiger partial charge in [-0.2, -0.15) is 5.10 Å². The van der Waals surface area contributed by atoms with Crippen LogP contribution < -0.4 is 0 Å². The first-order valence-corrected chi connectivity index (χ1v) is 5.35. The summed E-state index contributed by atoms with van der Waals surface area (Å²) in [6.45, 7) is 4.06. The van der Waals surface area contributed by atoms with Gasteiger partial charge >= 0.3 is 5.97 Å². The fraction of sp³-hybridized carbons (Fsp3) is 0.250. The van der Waals surface area contributed by atoms with Gasteiger partial charge in [-0.05, 0) is 31.5 Å². The maximum atomic E-state index is 11.4. The molecule has 2 aromatic rings. The van der Waals surface area contributed by atoms with Gasteiger partial charge in [0.25, 0.3) is 0 Å². The standard InChI is InChI=1S/C12H13N3O2/c1-3-17-12(16)11-5-10(14-15-11)9-4-8(2)6-13-7-9/h4-7H,3H2,1-2H3,(H,14,15). The molecule has 0 aliphatic carbocycles. The first kappa shape index (κ1) is 11.3. The zero-order valence-corrected chi connectivity index (χ0v) is 9.73. The number of aromatic amines is 1. The summed E-state index contributed by atoms with van der Waals surface area (Å²) in [6, 6.07) is 3.62. The van der Waals surface area contributed by atoms with Gasteiger partial charge in [0, 0.05) is 18.0 Å². The lowest BCUT2D eigenvalue weighted by Crippen LogP contribution is -2.04. The number of nitrogens with one attached hydrogen (secondary N) is 1. The van der Waals surface area contributed by atoms with Gasteiger partial charge in [0.05, 0.1) is 12.3 Å². The first-order valence-electron chi connectivity index (χ1n) is 5.35. The highest BCUT2D eigenvalue weighted by Gasteiger charge is 2.11. The molecule has 5 nitrogen and oxygen atoms in total. The minimum absolute atomic E-state index is 0.346. The molecule has 2 aromatic heterocycles. The normalized spacial score (nSPS) is 10.2. The van der Waals surface area contributed by atoms with Crippen molar-refractivity contribution in [2.75, 3.05) is 6.61 Å². The van der Waals surface area contributed by atoms with Gasteiger partial charge in [-0.15, -0.1) is 0 Å². The van der Waals surface area contributed by atoms with Crippen LogP contribution in [-0.2, 0) is 4.74 Å². The highest BCUT2D eigenvalue weighted by atomic mass is 16.5. The van der Waals surface area contributed by atoms with E-state index in [4.69, 9.17) is 4.74 Å². The molecule has 0 saturated heterocycles. The fourth-order valence-electron chi connectivity index (χ4n) is 1.48. The van der Waals surface area contributed by atoms with E-state index in [0.29, 0.717) is 18.0 Å². The summed E-state index contributed by atoms with van der Waals surface area (Å²) in [5, 5.41) is 6.72. The molecule has 88 valence electrons. The van der Waals surface area contributed by atoms with E-state index in [9.17, 15) is 4.79 Å². The number of aryl methyl sites for hydroxylation is 1. The van der Waals surface area contributed by atoms with E-state index in [-0.39, 0.29) is 0 Å². The molecule has 2 rings (SSSR count). The number of hydrogen-bond donors (Lipinski definition) is 1. The Hall–Kier alpha value is -2.17. The Morgan fingerprint density at radius 2 is 2.24 bits per heavy atom. The summed E-state index contributed by atoms with van der Waals surface area (Å²) in [7, 11) is 0. The Bertz CT molecular complexity index is 534. The van der Waals surface area contributed by atoms with Crippen molar-refractivity contribution in [1.82, 2.24) is 15.2 Å². The van der Waals surface area contributed by atoms with Crippen LogP contribution in [0.1, 0.15) is 23.0 Å².